The van der Waals surface area contributed by atoms with E-state index in [9.17, 15) is 9.59 Å². The fraction of sp³-hybridized carbons (Fsp3) is 0.594. The molecule has 1 fully saturated rings. The second-order valence-electron chi connectivity index (χ2n) is 11.3. The standard InChI is InChI=1S/C32H46N4O4S/c1-5-24(6-2)36-29-13-12-23(19-27(29)34-30(36)20-26-11-8-17-41-26)31(37)35-28(18-22(3)4)32(38)33-14-9-15-39-21-25-10-7-16-40-25/h8,11-13,17,19,22,24-25,28H,5-7,9-10,14-16,18,20-21H2,1-4H3,(H,33,38)(H,35,37)/t25?,28-/m0/s1. The number of ether oxygens (including phenoxy) is 2. The largest absolute Gasteiger partial charge is 0.379 e. The lowest BCUT2D eigenvalue weighted by atomic mass is 10.0. The Balaban J connectivity index is 1.40. The molecule has 0 saturated carbocycles. The Labute approximate surface area is 248 Å². The van der Waals surface area contributed by atoms with Gasteiger partial charge in [0.2, 0.25) is 5.91 Å². The zero-order chi connectivity index (χ0) is 29.2. The van der Waals surface area contributed by atoms with Gasteiger partial charge in [0.05, 0.1) is 23.7 Å². The van der Waals surface area contributed by atoms with Crippen molar-refractivity contribution in [3.63, 3.8) is 0 Å². The van der Waals surface area contributed by atoms with Crippen LogP contribution in [0.5, 0.6) is 0 Å². The normalized spacial score (nSPS) is 16.1. The van der Waals surface area contributed by atoms with Crippen LogP contribution in [0.15, 0.2) is 35.7 Å². The van der Waals surface area contributed by atoms with Crippen LogP contribution in [0.2, 0.25) is 0 Å². The van der Waals surface area contributed by atoms with Crippen molar-refractivity contribution in [2.45, 2.75) is 90.8 Å². The Hall–Kier alpha value is -2.75. The molecule has 0 spiro atoms. The average Bonchev–Trinajstić information content (AvgIpc) is 3.73. The molecule has 1 aliphatic heterocycles. The van der Waals surface area contributed by atoms with E-state index in [0.717, 1.165) is 55.6 Å². The van der Waals surface area contributed by atoms with Crippen molar-refractivity contribution in [1.82, 2.24) is 20.2 Å². The van der Waals surface area contributed by atoms with E-state index in [4.69, 9.17) is 14.5 Å². The Morgan fingerprint density at radius 3 is 2.73 bits per heavy atom. The van der Waals surface area contributed by atoms with E-state index in [1.165, 1.54) is 4.88 Å². The molecule has 1 aliphatic rings. The fourth-order valence-electron chi connectivity index (χ4n) is 5.49. The monoisotopic (exact) mass is 582 g/mol. The molecular weight excluding hydrogens is 536 g/mol. The third kappa shape index (κ3) is 8.63. The second kappa shape index (κ2) is 15.5. The van der Waals surface area contributed by atoms with Gasteiger partial charge < -0.3 is 24.7 Å². The number of nitrogens with zero attached hydrogens (tertiary/aromatic N) is 2. The van der Waals surface area contributed by atoms with Crippen molar-refractivity contribution in [3.8, 4) is 0 Å². The Morgan fingerprint density at radius 1 is 1.22 bits per heavy atom. The molecule has 1 saturated heterocycles. The second-order valence-corrected chi connectivity index (χ2v) is 12.4. The van der Waals surface area contributed by atoms with E-state index in [-0.39, 0.29) is 23.8 Å². The van der Waals surface area contributed by atoms with E-state index in [2.05, 4.69) is 60.4 Å². The predicted octanol–water partition coefficient (Wildman–Crippen LogP) is 5.90. The molecule has 3 heterocycles. The third-order valence-corrected chi connectivity index (χ3v) is 8.54. The van der Waals surface area contributed by atoms with Crippen LogP contribution in [-0.4, -0.2) is 59.9 Å². The van der Waals surface area contributed by atoms with Gasteiger partial charge in [-0.15, -0.1) is 11.3 Å². The van der Waals surface area contributed by atoms with Crippen LogP contribution < -0.4 is 10.6 Å². The molecule has 8 nitrogen and oxygen atoms in total. The zero-order valence-electron chi connectivity index (χ0n) is 25.0. The minimum atomic E-state index is -0.609. The fourth-order valence-corrected chi connectivity index (χ4v) is 6.19. The summed E-state index contributed by atoms with van der Waals surface area (Å²) in [4.78, 5) is 32.7. The van der Waals surface area contributed by atoms with Crippen LogP contribution in [0.25, 0.3) is 11.0 Å². The smallest absolute Gasteiger partial charge is 0.252 e. The Kier molecular flexibility index (Phi) is 11.8. The van der Waals surface area contributed by atoms with Gasteiger partial charge in [-0.25, -0.2) is 4.98 Å². The lowest BCUT2D eigenvalue weighted by Crippen LogP contribution is -2.47. The molecule has 0 aliphatic carbocycles. The van der Waals surface area contributed by atoms with E-state index in [1.807, 2.05) is 18.2 Å². The molecule has 2 amide bonds. The highest BCUT2D eigenvalue weighted by Crippen LogP contribution is 2.28. The van der Waals surface area contributed by atoms with Gasteiger partial charge in [-0.2, -0.15) is 0 Å². The summed E-state index contributed by atoms with van der Waals surface area (Å²) < 4.78 is 13.6. The van der Waals surface area contributed by atoms with Crippen LogP contribution in [0.4, 0.5) is 0 Å². The van der Waals surface area contributed by atoms with Crippen molar-refractivity contribution in [1.29, 1.82) is 0 Å². The molecular formula is C32H46N4O4S. The molecule has 3 aromatic rings. The zero-order valence-corrected chi connectivity index (χ0v) is 25.8. The minimum Gasteiger partial charge on any atom is -0.379 e. The van der Waals surface area contributed by atoms with Gasteiger partial charge in [-0.05, 0) is 74.1 Å². The third-order valence-electron chi connectivity index (χ3n) is 7.67. The first-order valence-corrected chi connectivity index (χ1v) is 16.1. The number of hydrogen-bond donors (Lipinski definition) is 2. The molecule has 41 heavy (non-hydrogen) atoms. The summed E-state index contributed by atoms with van der Waals surface area (Å²) in [6, 6.07) is 9.65. The number of imidazole rings is 1. The highest BCUT2D eigenvalue weighted by molar-refractivity contribution is 7.09. The summed E-state index contributed by atoms with van der Waals surface area (Å²) in [6.07, 6.45) is 6.41. The molecule has 9 heteroatoms. The van der Waals surface area contributed by atoms with E-state index in [0.29, 0.717) is 44.2 Å². The first-order chi connectivity index (χ1) is 19.9. The number of carbonyl (C=O) groups excluding carboxylic acids is 2. The van der Waals surface area contributed by atoms with Crippen molar-refractivity contribution in [2.75, 3.05) is 26.4 Å². The number of nitrogens with one attached hydrogen (secondary N) is 2. The van der Waals surface area contributed by atoms with Gasteiger partial charge in [-0.1, -0.05) is 33.8 Å². The quantitative estimate of drug-likeness (QED) is 0.205. The molecule has 4 rings (SSSR count). The van der Waals surface area contributed by atoms with Crippen molar-refractivity contribution >= 4 is 34.2 Å². The predicted molar refractivity (Wildman–Crippen MR) is 165 cm³/mol. The molecule has 224 valence electrons. The average molecular weight is 583 g/mol. The summed E-state index contributed by atoms with van der Waals surface area (Å²) >= 11 is 1.73. The van der Waals surface area contributed by atoms with E-state index < -0.39 is 6.04 Å². The van der Waals surface area contributed by atoms with Crippen molar-refractivity contribution in [2.24, 2.45) is 5.92 Å². The van der Waals surface area contributed by atoms with Gasteiger partial charge in [0.1, 0.15) is 11.9 Å². The molecule has 1 unspecified atom stereocenters. The maximum absolute atomic E-state index is 13.4. The van der Waals surface area contributed by atoms with Crippen molar-refractivity contribution in [3.05, 3.63) is 52.0 Å². The van der Waals surface area contributed by atoms with E-state index in [1.54, 1.807) is 11.3 Å². The maximum Gasteiger partial charge on any atom is 0.252 e. The number of fused-ring (bicyclic) bond motifs is 1. The topological polar surface area (TPSA) is 94.5 Å². The minimum absolute atomic E-state index is 0.163. The van der Waals surface area contributed by atoms with Gasteiger partial charge in [0.25, 0.3) is 5.91 Å². The molecule has 2 aromatic heterocycles. The van der Waals surface area contributed by atoms with Crippen LogP contribution in [0.1, 0.15) is 93.3 Å². The molecule has 2 N–H and O–H groups in total. The van der Waals surface area contributed by atoms with E-state index >= 15 is 0 Å². The SMILES string of the molecule is CCC(CC)n1c(Cc2cccs2)nc2cc(C(=O)N[C@@H](CC(C)C)C(=O)NCCCOCC3CCCO3)ccc21. The highest BCUT2D eigenvalue weighted by atomic mass is 32.1. The highest BCUT2D eigenvalue weighted by Gasteiger charge is 2.24. The summed E-state index contributed by atoms with van der Waals surface area (Å²) in [5, 5.41) is 8.06. The van der Waals surface area contributed by atoms with Crippen LogP contribution in [0.3, 0.4) is 0 Å². The Morgan fingerprint density at radius 2 is 2.05 bits per heavy atom. The van der Waals surface area contributed by atoms with Gasteiger partial charge >= 0.3 is 0 Å². The molecule has 1 aromatic carbocycles. The number of amides is 2. The number of hydrogen-bond acceptors (Lipinski definition) is 6. The summed E-state index contributed by atoms with van der Waals surface area (Å²) in [6.45, 7) is 11.0. The van der Waals surface area contributed by atoms with Crippen LogP contribution in [-0.2, 0) is 20.7 Å². The van der Waals surface area contributed by atoms with Gasteiger partial charge in [0, 0.05) is 42.7 Å². The number of aromatic nitrogens is 2. The first-order valence-electron chi connectivity index (χ1n) is 15.2. The van der Waals surface area contributed by atoms with Gasteiger partial charge in [-0.3, -0.25) is 9.59 Å². The number of benzene rings is 1. The first kappa shape index (κ1) is 31.2. The van der Waals surface area contributed by atoms with Crippen LogP contribution >= 0.6 is 11.3 Å². The van der Waals surface area contributed by atoms with Crippen LogP contribution in [0, 0.1) is 5.92 Å². The number of carbonyl (C=O) groups is 2. The number of rotatable bonds is 16. The number of thiophene rings is 1. The molecule has 2 atom stereocenters. The molecule has 0 radical (unpaired) electrons. The molecule has 0 bridgehead atoms. The lowest BCUT2D eigenvalue weighted by molar-refractivity contribution is -0.123. The van der Waals surface area contributed by atoms with Gasteiger partial charge in [0.15, 0.2) is 0 Å². The summed E-state index contributed by atoms with van der Waals surface area (Å²) in [5.41, 5.74) is 2.36. The Bertz CT molecular complexity index is 1250. The van der Waals surface area contributed by atoms with Crippen molar-refractivity contribution < 1.29 is 19.1 Å². The maximum atomic E-state index is 13.4. The lowest BCUT2D eigenvalue weighted by Gasteiger charge is -2.20. The summed E-state index contributed by atoms with van der Waals surface area (Å²) in [7, 11) is 0. The summed E-state index contributed by atoms with van der Waals surface area (Å²) in [5.74, 6) is 0.845.